The Kier molecular flexibility index (Phi) is 5.10. The predicted molar refractivity (Wildman–Crippen MR) is 92.8 cm³/mol. The van der Waals surface area contributed by atoms with E-state index in [0.29, 0.717) is 6.04 Å². The molecule has 2 nitrogen and oxygen atoms in total. The van der Waals surface area contributed by atoms with Crippen LogP contribution >= 0.6 is 0 Å². The summed E-state index contributed by atoms with van der Waals surface area (Å²) in [5, 5.41) is 4.92. The Morgan fingerprint density at radius 3 is 2.43 bits per heavy atom. The molecular formula is C19H30N2. The summed E-state index contributed by atoms with van der Waals surface area (Å²) in [6.45, 7) is 15.5. The maximum atomic E-state index is 3.50. The Hall–Kier alpha value is -1.28. The van der Waals surface area contributed by atoms with Gasteiger partial charge < -0.3 is 9.88 Å². The molecule has 1 N–H and O–H groups in total. The second-order valence-corrected chi connectivity index (χ2v) is 6.93. The minimum Gasteiger partial charge on any atom is -0.345 e. The maximum Gasteiger partial charge on any atom is 0.0485 e. The lowest BCUT2D eigenvalue weighted by Gasteiger charge is -2.11. The highest BCUT2D eigenvalue weighted by molar-refractivity contribution is 5.86. The molecule has 1 heterocycles. The van der Waals surface area contributed by atoms with Crippen LogP contribution in [0.25, 0.3) is 10.9 Å². The number of aryl methyl sites for hydroxylation is 2. The van der Waals surface area contributed by atoms with Crippen molar-refractivity contribution in [2.45, 2.75) is 67.1 Å². The van der Waals surface area contributed by atoms with Crippen molar-refractivity contribution in [3.05, 3.63) is 35.0 Å². The van der Waals surface area contributed by atoms with Crippen molar-refractivity contribution < 1.29 is 0 Å². The molecule has 0 saturated carbocycles. The highest BCUT2D eigenvalue weighted by Crippen LogP contribution is 2.27. The van der Waals surface area contributed by atoms with Gasteiger partial charge in [-0.3, -0.25) is 0 Å². The van der Waals surface area contributed by atoms with Crippen molar-refractivity contribution in [2.75, 3.05) is 0 Å². The smallest absolute Gasteiger partial charge is 0.0485 e. The van der Waals surface area contributed by atoms with E-state index in [1.54, 1.807) is 0 Å². The van der Waals surface area contributed by atoms with Gasteiger partial charge in [0.25, 0.3) is 0 Å². The van der Waals surface area contributed by atoms with Gasteiger partial charge in [0, 0.05) is 35.7 Å². The van der Waals surface area contributed by atoms with Gasteiger partial charge >= 0.3 is 0 Å². The number of hydrogen-bond acceptors (Lipinski definition) is 1. The summed E-state index contributed by atoms with van der Waals surface area (Å²) in [6, 6.07) is 7.45. The predicted octanol–water partition coefficient (Wildman–Crippen LogP) is 4.80. The zero-order valence-corrected chi connectivity index (χ0v) is 14.5. The van der Waals surface area contributed by atoms with E-state index in [-0.39, 0.29) is 0 Å². The van der Waals surface area contributed by atoms with Crippen LogP contribution in [0, 0.1) is 19.8 Å². The SMILES string of the molecule is Cc1c(C)n(CCC(C)C)c2ccc(CNC(C)C)cc12. The van der Waals surface area contributed by atoms with Crippen LogP contribution < -0.4 is 5.32 Å². The lowest BCUT2D eigenvalue weighted by molar-refractivity contribution is 0.519. The number of hydrogen-bond donors (Lipinski definition) is 1. The highest BCUT2D eigenvalue weighted by atomic mass is 15.0. The van der Waals surface area contributed by atoms with Crippen LogP contribution in [0.3, 0.4) is 0 Å². The van der Waals surface area contributed by atoms with Gasteiger partial charge in [-0.1, -0.05) is 33.8 Å². The van der Waals surface area contributed by atoms with Crippen LogP contribution in [0.1, 0.15) is 50.9 Å². The minimum absolute atomic E-state index is 0.527. The number of benzene rings is 1. The molecule has 1 aromatic carbocycles. The number of nitrogens with zero attached hydrogens (tertiary/aromatic N) is 1. The van der Waals surface area contributed by atoms with Crippen LogP contribution in [0.2, 0.25) is 0 Å². The van der Waals surface area contributed by atoms with E-state index >= 15 is 0 Å². The maximum absolute atomic E-state index is 3.50. The third kappa shape index (κ3) is 3.68. The van der Waals surface area contributed by atoms with Gasteiger partial charge in [0.15, 0.2) is 0 Å². The Balaban J connectivity index is 2.33. The van der Waals surface area contributed by atoms with Gasteiger partial charge in [0.1, 0.15) is 0 Å². The second-order valence-electron chi connectivity index (χ2n) is 6.93. The third-order valence-corrected chi connectivity index (χ3v) is 4.35. The molecule has 0 atom stereocenters. The first-order valence-corrected chi connectivity index (χ1v) is 8.21. The molecule has 0 radical (unpaired) electrons. The summed E-state index contributed by atoms with van der Waals surface area (Å²) < 4.78 is 2.49. The normalized spacial score (nSPS) is 12.0. The van der Waals surface area contributed by atoms with Crippen molar-refractivity contribution in [3.63, 3.8) is 0 Å². The Morgan fingerprint density at radius 1 is 1.10 bits per heavy atom. The standard InChI is InChI=1S/C19H30N2/c1-13(2)9-10-21-16(6)15(5)18-11-17(7-8-19(18)21)12-20-14(3)4/h7-8,11,13-14,20H,9-10,12H2,1-6H3. The van der Waals surface area contributed by atoms with Gasteiger partial charge in [0.2, 0.25) is 0 Å². The van der Waals surface area contributed by atoms with E-state index in [1.807, 2.05) is 0 Å². The molecule has 1 aromatic heterocycles. The molecule has 2 heteroatoms. The molecule has 21 heavy (non-hydrogen) atoms. The molecule has 0 bridgehead atoms. The van der Waals surface area contributed by atoms with Gasteiger partial charge in [0.05, 0.1) is 0 Å². The monoisotopic (exact) mass is 286 g/mol. The lowest BCUT2D eigenvalue weighted by Crippen LogP contribution is -2.21. The van der Waals surface area contributed by atoms with Gasteiger partial charge in [-0.15, -0.1) is 0 Å². The first kappa shape index (κ1) is 16.1. The van der Waals surface area contributed by atoms with Crippen molar-refractivity contribution >= 4 is 10.9 Å². The molecule has 0 spiro atoms. The summed E-state index contributed by atoms with van der Waals surface area (Å²) in [4.78, 5) is 0. The number of rotatable bonds is 6. The largest absolute Gasteiger partial charge is 0.345 e. The molecule has 0 unspecified atom stereocenters. The van der Waals surface area contributed by atoms with Crippen LogP contribution in [-0.4, -0.2) is 10.6 Å². The van der Waals surface area contributed by atoms with Crippen molar-refractivity contribution in [1.29, 1.82) is 0 Å². The average Bonchev–Trinajstić information content (AvgIpc) is 2.66. The number of fused-ring (bicyclic) bond motifs is 1. The summed E-state index contributed by atoms with van der Waals surface area (Å²) >= 11 is 0. The van der Waals surface area contributed by atoms with E-state index < -0.39 is 0 Å². The van der Waals surface area contributed by atoms with Crippen molar-refractivity contribution in [3.8, 4) is 0 Å². The molecule has 0 amide bonds. The van der Waals surface area contributed by atoms with E-state index in [2.05, 4.69) is 69.6 Å². The Morgan fingerprint density at radius 2 is 1.81 bits per heavy atom. The zero-order chi connectivity index (χ0) is 15.6. The molecule has 0 fully saturated rings. The molecule has 0 aliphatic rings. The Labute approximate surface area is 129 Å². The molecule has 2 rings (SSSR count). The van der Waals surface area contributed by atoms with Gasteiger partial charge in [-0.2, -0.15) is 0 Å². The van der Waals surface area contributed by atoms with E-state index in [4.69, 9.17) is 0 Å². The van der Waals surface area contributed by atoms with Crippen LogP contribution in [0.5, 0.6) is 0 Å². The van der Waals surface area contributed by atoms with Crippen molar-refractivity contribution in [2.24, 2.45) is 5.92 Å². The topological polar surface area (TPSA) is 17.0 Å². The molecule has 2 aromatic rings. The second kappa shape index (κ2) is 6.65. The van der Waals surface area contributed by atoms with Gasteiger partial charge in [-0.05, 0) is 49.4 Å². The zero-order valence-electron chi connectivity index (χ0n) is 14.5. The van der Waals surface area contributed by atoms with Crippen LogP contribution in [0.15, 0.2) is 18.2 Å². The molecular weight excluding hydrogens is 256 g/mol. The third-order valence-electron chi connectivity index (χ3n) is 4.35. The summed E-state index contributed by atoms with van der Waals surface area (Å²) in [5.74, 6) is 0.747. The summed E-state index contributed by atoms with van der Waals surface area (Å²) in [6.07, 6.45) is 1.24. The van der Waals surface area contributed by atoms with Crippen LogP contribution in [-0.2, 0) is 13.1 Å². The average molecular weight is 286 g/mol. The molecule has 0 saturated heterocycles. The number of nitrogens with one attached hydrogen (secondary N) is 1. The van der Waals surface area contributed by atoms with Gasteiger partial charge in [-0.25, -0.2) is 0 Å². The number of aromatic nitrogens is 1. The van der Waals surface area contributed by atoms with Crippen LogP contribution in [0.4, 0.5) is 0 Å². The van der Waals surface area contributed by atoms with E-state index in [0.717, 1.165) is 19.0 Å². The minimum atomic E-state index is 0.527. The molecule has 116 valence electrons. The first-order valence-electron chi connectivity index (χ1n) is 8.21. The molecule has 0 aliphatic carbocycles. The fourth-order valence-corrected chi connectivity index (χ4v) is 2.80. The highest BCUT2D eigenvalue weighted by Gasteiger charge is 2.11. The quantitative estimate of drug-likeness (QED) is 0.807. The first-order chi connectivity index (χ1) is 9.90. The lowest BCUT2D eigenvalue weighted by atomic mass is 10.1. The van der Waals surface area contributed by atoms with E-state index in [1.165, 1.54) is 34.1 Å². The fourth-order valence-electron chi connectivity index (χ4n) is 2.80. The summed E-state index contributed by atoms with van der Waals surface area (Å²) in [7, 11) is 0. The molecule has 0 aliphatic heterocycles. The van der Waals surface area contributed by atoms with Crippen molar-refractivity contribution in [1.82, 2.24) is 9.88 Å². The summed E-state index contributed by atoms with van der Waals surface area (Å²) in [5.41, 5.74) is 5.61. The fraction of sp³-hybridized carbons (Fsp3) is 0.579. The van der Waals surface area contributed by atoms with E-state index in [9.17, 15) is 0 Å². The Bertz CT molecular complexity index is 606.